The highest BCUT2D eigenvalue weighted by Crippen LogP contribution is 2.07. The molecule has 1 aliphatic heterocycles. The van der Waals surface area contributed by atoms with Gasteiger partial charge in [-0.3, -0.25) is 9.58 Å². The molecule has 1 fully saturated rings. The van der Waals surface area contributed by atoms with Crippen LogP contribution >= 0.6 is 0 Å². The third-order valence-electron chi connectivity index (χ3n) is 0.460. The molecule has 0 amide bonds. The van der Waals surface area contributed by atoms with Crippen LogP contribution in [0.1, 0.15) is 0 Å². The number of ether oxygens (including phenoxy) is 1. The number of epoxide rings is 1. The zero-order valence-electron chi connectivity index (χ0n) is 2.64. The van der Waals surface area contributed by atoms with Crippen LogP contribution in [0.25, 0.3) is 4.85 Å². The summed E-state index contributed by atoms with van der Waals surface area (Å²) in [5.74, 6) is 0. The van der Waals surface area contributed by atoms with Gasteiger partial charge in [0.15, 0.2) is 6.61 Å². The summed E-state index contributed by atoms with van der Waals surface area (Å²) in [7, 11) is 0. The van der Waals surface area contributed by atoms with Gasteiger partial charge in [0.1, 0.15) is 0 Å². The number of hydrogen-bond acceptors (Lipinski definition) is 1. The smallest absolute Gasteiger partial charge is 0.297 e. The first kappa shape index (κ1) is 2.67. The fourth-order valence-electron chi connectivity index (χ4n) is 0.118. The van der Waals surface area contributed by atoms with E-state index >= 15 is 0 Å². The molecule has 5 heavy (non-hydrogen) atoms. The summed E-state index contributed by atoms with van der Waals surface area (Å²) in [6, 6.07) is 0. The summed E-state index contributed by atoms with van der Waals surface area (Å²) in [4.78, 5) is 3.03. The molecule has 0 radical (unpaired) electrons. The van der Waals surface area contributed by atoms with Crippen LogP contribution in [0.5, 0.6) is 0 Å². The molecule has 0 aliphatic carbocycles. The van der Waals surface area contributed by atoms with Crippen LogP contribution in [0, 0.1) is 6.57 Å². The lowest BCUT2D eigenvalue weighted by Gasteiger charge is -1.52. The van der Waals surface area contributed by atoms with Gasteiger partial charge in [-0.05, 0) is 0 Å². The molecule has 1 rings (SSSR count). The lowest BCUT2D eigenvalue weighted by molar-refractivity contribution is 0.439. The maximum absolute atomic E-state index is 6.22. The molecular weight excluding hydrogens is 66.0 g/mol. The van der Waals surface area contributed by atoms with E-state index in [1.54, 1.807) is 0 Å². The SMILES string of the molecule is [C-]#[N+]C1CO1. The predicted octanol–water partition coefficient (Wildman–Crippen LogP) is 0.262. The predicted molar refractivity (Wildman–Crippen MR) is 16.3 cm³/mol. The molecule has 1 atom stereocenters. The first-order valence-electron chi connectivity index (χ1n) is 1.41. The summed E-state index contributed by atoms with van der Waals surface area (Å²) in [6.45, 7) is 6.88. The van der Waals surface area contributed by atoms with E-state index in [9.17, 15) is 0 Å². The van der Waals surface area contributed by atoms with Crippen LogP contribution in [0.3, 0.4) is 0 Å². The Morgan fingerprint density at radius 3 is 2.60 bits per heavy atom. The van der Waals surface area contributed by atoms with Crippen LogP contribution in [0.4, 0.5) is 0 Å². The van der Waals surface area contributed by atoms with Crippen LogP contribution < -0.4 is 0 Å². The minimum absolute atomic E-state index is 0.0741. The number of nitrogens with zero attached hydrogens (tertiary/aromatic N) is 1. The van der Waals surface area contributed by atoms with Gasteiger partial charge < -0.3 is 0 Å². The van der Waals surface area contributed by atoms with Gasteiger partial charge in [0.2, 0.25) is 0 Å². The fourth-order valence-corrected chi connectivity index (χ4v) is 0.118. The van der Waals surface area contributed by atoms with E-state index < -0.39 is 0 Å². The van der Waals surface area contributed by atoms with Crippen LogP contribution in [-0.2, 0) is 4.74 Å². The zero-order valence-corrected chi connectivity index (χ0v) is 2.64. The normalized spacial score (nSPS) is 32.2. The molecule has 1 heterocycles. The minimum atomic E-state index is -0.0741. The fraction of sp³-hybridized carbons (Fsp3) is 0.667. The van der Waals surface area contributed by atoms with Crippen molar-refractivity contribution in [2.45, 2.75) is 6.23 Å². The van der Waals surface area contributed by atoms with Crippen molar-refractivity contribution >= 4 is 0 Å². The Morgan fingerprint density at radius 2 is 2.60 bits per heavy atom. The van der Waals surface area contributed by atoms with E-state index in [-0.39, 0.29) is 6.23 Å². The molecular formula is C3H3NO. The summed E-state index contributed by atoms with van der Waals surface area (Å²) < 4.78 is 4.50. The lowest BCUT2D eigenvalue weighted by atomic mass is 10.8. The first-order chi connectivity index (χ1) is 2.43. The second-order valence-electron chi connectivity index (χ2n) is 0.917. The van der Waals surface area contributed by atoms with Crippen molar-refractivity contribution in [1.82, 2.24) is 0 Å². The molecule has 1 aliphatic rings. The molecule has 0 spiro atoms. The monoisotopic (exact) mass is 69.0 g/mol. The highest BCUT2D eigenvalue weighted by atomic mass is 16.6. The molecule has 0 aromatic carbocycles. The molecule has 26 valence electrons. The van der Waals surface area contributed by atoms with E-state index in [1.165, 1.54) is 0 Å². The maximum Gasteiger partial charge on any atom is 0.351 e. The molecule has 0 aromatic heterocycles. The lowest BCUT2D eigenvalue weighted by Crippen LogP contribution is -1.61. The van der Waals surface area contributed by atoms with E-state index in [1.807, 2.05) is 0 Å². The molecule has 2 heteroatoms. The van der Waals surface area contributed by atoms with Gasteiger partial charge in [-0.25, -0.2) is 6.57 Å². The van der Waals surface area contributed by atoms with Crippen molar-refractivity contribution in [1.29, 1.82) is 0 Å². The maximum atomic E-state index is 6.22. The van der Waals surface area contributed by atoms with Gasteiger partial charge >= 0.3 is 6.23 Å². The van der Waals surface area contributed by atoms with Gasteiger partial charge in [0.25, 0.3) is 0 Å². The van der Waals surface area contributed by atoms with Crippen molar-refractivity contribution in [3.8, 4) is 0 Å². The third kappa shape index (κ3) is 0.366. The second kappa shape index (κ2) is 0.697. The molecule has 2 nitrogen and oxygen atoms in total. The van der Waals surface area contributed by atoms with Crippen molar-refractivity contribution in [3.05, 3.63) is 11.4 Å². The Kier molecular flexibility index (Phi) is 0.373. The van der Waals surface area contributed by atoms with Crippen molar-refractivity contribution in [2.24, 2.45) is 0 Å². The largest absolute Gasteiger partial charge is 0.351 e. The second-order valence-corrected chi connectivity index (χ2v) is 0.917. The summed E-state index contributed by atoms with van der Waals surface area (Å²) >= 11 is 0. The molecule has 0 saturated carbocycles. The van der Waals surface area contributed by atoms with Gasteiger partial charge in [-0.2, -0.15) is 0 Å². The Bertz CT molecular complexity index is 69.5. The topological polar surface area (TPSA) is 16.9 Å². The Hall–Kier alpha value is -0.550. The Morgan fingerprint density at radius 1 is 2.00 bits per heavy atom. The number of rotatable bonds is 0. The molecule has 0 aromatic rings. The van der Waals surface area contributed by atoms with Gasteiger partial charge in [0.05, 0.1) is 0 Å². The summed E-state index contributed by atoms with van der Waals surface area (Å²) in [6.07, 6.45) is -0.0741. The van der Waals surface area contributed by atoms with Crippen LogP contribution in [0.15, 0.2) is 0 Å². The van der Waals surface area contributed by atoms with Crippen LogP contribution in [-0.4, -0.2) is 12.8 Å². The van der Waals surface area contributed by atoms with Crippen molar-refractivity contribution in [3.63, 3.8) is 0 Å². The van der Waals surface area contributed by atoms with E-state index in [0.29, 0.717) is 6.61 Å². The first-order valence-corrected chi connectivity index (χ1v) is 1.41. The average Bonchev–Trinajstić information content (AvgIpc) is 2.12. The summed E-state index contributed by atoms with van der Waals surface area (Å²) in [5, 5.41) is 0. The quantitative estimate of drug-likeness (QED) is 0.294. The zero-order chi connectivity index (χ0) is 3.70. The standard InChI is InChI=1S/C3H3NO/c1-4-3-2-5-3/h3H,2H2. The highest BCUT2D eigenvalue weighted by Gasteiger charge is 2.27. The van der Waals surface area contributed by atoms with Crippen molar-refractivity contribution < 1.29 is 4.74 Å². The van der Waals surface area contributed by atoms with E-state index in [4.69, 9.17) is 6.57 Å². The van der Waals surface area contributed by atoms with Gasteiger partial charge in [-0.1, -0.05) is 0 Å². The molecule has 1 saturated heterocycles. The van der Waals surface area contributed by atoms with Gasteiger partial charge in [0, 0.05) is 0 Å². The van der Waals surface area contributed by atoms with E-state index in [0.717, 1.165) is 0 Å². The Labute approximate surface area is 30.2 Å². The highest BCUT2D eigenvalue weighted by molar-refractivity contribution is 4.77. The van der Waals surface area contributed by atoms with Gasteiger partial charge in [-0.15, -0.1) is 0 Å². The third-order valence-corrected chi connectivity index (χ3v) is 0.460. The van der Waals surface area contributed by atoms with E-state index in [2.05, 4.69) is 9.58 Å². The number of hydrogen-bond donors (Lipinski definition) is 0. The molecule has 1 unspecified atom stereocenters. The van der Waals surface area contributed by atoms with Crippen LogP contribution in [0.2, 0.25) is 0 Å². The summed E-state index contributed by atoms with van der Waals surface area (Å²) in [5.41, 5.74) is 0. The minimum Gasteiger partial charge on any atom is -0.297 e. The average molecular weight is 69.1 g/mol. The molecule has 0 N–H and O–H groups in total. The van der Waals surface area contributed by atoms with Crippen molar-refractivity contribution in [2.75, 3.05) is 6.61 Å². The molecule has 0 bridgehead atoms. The Balaban J connectivity index is 2.30.